The van der Waals surface area contributed by atoms with Gasteiger partial charge in [-0.3, -0.25) is 0 Å². The number of aromatic nitrogens is 3. The average Bonchev–Trinajstić information content (AvgIpc) is 3.14. The van der Waals surface area contributed by atoms with Crippen LogP contribution in [0, 0.1) is 0 Å². The summed E-state index contributed by atoms with van der Waals surface area (Å²) in [6.45, 7) is 2.31. The van der Waals surface area contributed by atoms with Crippen molar-refractivity contribution in [3.63, 3.8) is 0 Å². The lowest BCUT2D eigenvalue weighted by molar-refractivity contribution is 0.120. The zero-order valence-electron chi connectivity index (χ0n) is 13.9. The molecule has 1 aromatic heterocycles. The van der Waals surface area contributed by atoms with Crippen molar-refractivity contribution in [3.8, 4) is 5.75 Å². The molecule has 1 atom stereocenters. The van der Waals surface area contributed by atoms with Gasteiger partial charge in [-0.2, -0.15) is 10.1 Å². The first-order valence-corrected chi connectivity index (χ1v) is 8.26. The van der Waals surface area contributed by atoms with Gasteiger partial charge in [0.2, 0.25) is 5.95 Å². The van der Waals surface area contributed by atoms with E-state index >= 15 is 0 Å². The lowest BCUT2D eigenvalue weighted by Crippen LogP contribution is -2.19. The van der Waals surface area contributed by atoms with Crippen molar-refractivity contribution in [2.75, 3.05) is 37.4 Å². The van der Waals surface area contributed by atoms with Gasteiger partial charge in [0.25, 0.3) is 0 Å². The van der Waals surface area contributed by atoms with Crippen molar-refractivity contribution in [1.29, 1.82) is 0 Å². The van der Waals surface area contributed by atoms with E-state index in [0.29, 0.717) is 18.3 Å². The summed E-state index contributed by atoms with van der Waals surface area (Å²) in [6.07, 6.45) is 4.93. The Bertz CT molecular complexity index is 646. The van der Waals surface area contributed by atoms with Crippen LogP contribution in [-0.2, 0) is 11.2 Å². The molecule has 2 N–H and O–H groups in total. The number of nitrogens with zero attached hydrogens (tertiary/aromatic N) is 3. The smallest absolute Gasteiger partial charge is 0.244 e. The van der Waals surface area contributed by atoms with E-state index in [2.05, 4.69) is 31.9 Å². The van der Waals surface area contributed by atoms with Crippen LogP contribution in [0.15, 0.2) is 30.5 Å². The lowest BCUT2D eigenvalue weighted by atomic mass is 10.1. The standard InChI is InChI=1S/C17H23N5O2/c1-23-15-7-3-2-5-13(15)8-9-18-17-21-16(12-20-22-17)19-11-14-6-4-10-24-14/h2-3,5,7,12,14H,4,6,8-11H2,1H3,(H2,18,19,21,22). The number of rotatable bonds is 8. The molecule has 1 fully saturated rings. The Balaban J connectivity index is 1.49. The Morgan fingerprint density at radius 3 is 3.04 bits per heavy atom. The fraction of sp³-hybridized carbons (Fsp3) is 0.471. The predicted molar refractivity (Wildman–Crippen MR) is 92.5 cm³/mol. The van der Waals surface area contributed by atoms with Gasteiger partial charge in [-0.05, 0) is 30.9 Å². The van der Waals surface area contributed by atoms with Gasteiger partial charge in [0, 0.05) is 19.7 Å². The topological polar surface area (TPSA) is 81.2 Å². The molecule has 7 heteroatoms. The van der Waals surface area contributed by atoms with Gasteiger partial charge in [-0.1, -0.05) is 18.2 Å². The summed E-state index contributed by atoms with van der Waals surface area (Å²) in [7, 11) is 1.68. The minimum absolute atomic E-state index is 0.266. The highest BCUT2D eigenvalue weighted by Gasteiger charge is 2.15. The molecule has 1 aliphatic heterocycles. The summed E-state index contributed by atoms with van der Waals surface area (Å²) in [4.78, 5) is 4.42. The minimum atomic E-state index is 0.266. The summed E-state index contributed by atoms with van der Waals surface area (Å²) >= 11 is 0. The zero-order valence-corrected chi connectivity index (χ0v) is 13.9. The second-order valence-corrected chi connectivity index (χ2v) is 5.67. The molecule has 0 spiro atoms. The second-order valence-electron chi connectivity index (χ2n) is 5.67. The number of hydrogen-bond donors (Lipinski definition) is 2. The predicted octanol–water partition coefficient (Wildman–Crippen LogP) is 2.13. The van der Waals surface area contributed by atoms with Crippen LogP contribution in [0.5, 0.6) is 5.75 Å². The molecular weight excluding hydrogens is 306 g/mol. The molecule has 1 aliphatic rings. The van der Waals surface area contributed by atoms with Crippen molar-refractivity contribution in [2.45, 2.75) is 25.4 Å². The maximum absolute atomic E-state index is 5.59. The summed E-state index contributed by atoms with van der Waals surface area (Å²) in [5.41, 5.74) is 1.15. The maximum Gasteiger partial charge on any atom is 0.244 e. The van der Waals surface area contributed by atoms with Gasteiger partial charge in [0.15, 0.2) is 5.82 Å². The SMILES string of the molecule is COc1ccccc1CCNc1nncc(NCC2CCCO2)n1. The second kappa shape index (κ2) is 8.44. The molecule has 1 aromatic carbocycles. The summed E-state index contributed by atoms with van der Waals surface area (Å²) in [5, 5.41) is 14.5. The summed E-state index contributed by atoms with van der Waals surface area (Å²) < 4.78 is 10.9. The Morgan fingerprint density at radius 2 is 2.21 bits per heavy atom. The van der Waals surface area contributed by atoms with E-state index in [-0.39, 0.29) is 6.10 Å². The van der Waals surface area contributed by atoms with E-state index in [1.807, 2.05) is 18.2 Å². The number of benzene rings is 1. The van der Waals surface area contributed by atoms with Crippen molar-refractivity contribution in [3.05, 3.63) is 36.0 Å². The molecule has 0 saturated carbocycles. The zero-order chi connectivity index (χ0) is 16.6. The van der Waals surface area contributed by atoms with Crippen molar-refractivity contribution < 1.29 is 9.47 Å². The van der Waals surface area contributed by atoms with Crippen LogP contribution in [0.4, 0.5) is 11.8 Å². The monoisotopic (exact) mass is 329 g/mol. The number of methoxy groups -OCH3 is 1. The molecule has 128 valence electrons. The Morgan fingerprint density at radius 1 is 1.29 bits per heavy atom. The average molecular weight is 329 g/mol. The van der Waals surface area contributed by atoms with E-state index in [4.69, 9.17) is 9.47 Å². The first-order valence-electron chi connectivity index (χ1n) is 8.26. The van der Waals surface area contributed by atoms with Crippen LogP contribution in [-0.4, -0.2) is 48.1 Å². The molecule has 24 heavy (non-hydrogen) atoms. The molecule has 1 unspecified atom stereocenters. The summed E-state index contributed by atoms with van der Waals surface area (Å²) in [5.74, 6) is 2.12. The van der Waals surface area contributed by atoms with E-state index in [9.17, 15) is 0 Å². The fourth-order valence-corrected chi connectivity index (χ4v) is 2.71. The molecular formula is C17H23N5O2. The van der Waals surface area contributed by atoms with Crippen LogP contribution in [0.3, 0.4) is 0 Å². The maximum atomic E-state index is 5.59. The van der Waals surface area contributed by atoms with Gasteiger partial charge in [-0.15, -0.1) is 5.10 Å². The number of anilines is 2. The normalized spacial score (nSPS) is 16.8. The third kappa shape index (κ3) is 4.55. The first kappa shape index (κ1) is 16.4. The molecule has 3 rings (SSSR count). The highest BCUT2D eigenvalue weighted by molar-refractivity contribution is 5.38. The third-order valence-corrected chi connectivity index (χ3v) is 3.96. The Labute approximate surface area is 141 Å². The molecule has 7 nitrogen and oxygen atoms in total. The quantitative estimate of drug-likeness (QED) is 0.768. The van der Waals surface area contributed by atoms with Crippen molar-refractivity contribution >= 4 is 11.8 Å². The van der Waals surface area contributed by atoms with E-state index in [0.717, 1.165) is 43.7 Å². The molecule has 2 aromatic rings. The third-order valence-electron chi connectivity index (χ3n) is 3.96. The fourth-order valence-electron chi connectivity index (χ4n) is 2.71. The van der Waals surface area contributed by atoms with Gasteiger partial charge >= 0.3 is 0 Å². The molecule has 0 bridgehead atoms. The number of para-hydroxylation sites is 1. The molecule has 0 radical (unpaired) electrons. The molecule has 0 amide bonds. The first-order chi connectivity index (χ1) is 11.8. The lowest BCUT2D eigenvalue weighted by Gasteiger charge is -2.12. The van der Waals surface area contributed by atoms with Crippen LogP contribution in [0.2, 0.25) is 0 Å². The number of hydrogen-bond acceptors (Lipinski definition) is 7. The Kier molecular flexibility index (Phi) is 5.79. The van der Waals surface area contributed by atoms with Crippen LogP contribution < -0.4 is 15.4 Å². The van der Waals surface area contributed by atoms with E-state index < -0.39 is 0 Å². The number of nitrogens with one attached hydrogen (secondary N) is 2. The van der Waals surface area contributed by atoms with E-state index in [1.54, 1.807) is 13.3 Å². The summed E-state index contributed by atoms with van der Waals surface area (Å²) in [6, 6.07) is 7.99. The van der Waals surface area contributed by atoms with Gasteiger partial charge in [-0.25, -0.2) is 0 Å². The van der Waals surface area contributed by atoms with Crippen LogP contribution in [0.25, 0.3) is 0 Å². The van der Waals surface area contributed by atoms with Crippen LogP contribution in [0.1, 0.15) is 18.4 Å². The number of ether oxygens (including phenoxy) is 2. The van der Waals surface area contributed by atoms with E-state index in [1.165, 1.54) is 0 Å². The van der Waals surface area contributed by atoms with Gasteiger partial charge < -0.3 is 20.1 Å². The minimum Gasteiger partial charge on any atom is -0.496 e. The van der Waals surface area contributed by atoms with Gasteiger partial charge in [0.05, 0.1) is 19.4 Å². The Hall–Kier alpha value is -2.41. The molecule has 0 aliphatic carbocycles. The highest BCUT2D eigenvalue weighted by atomic mass is 16.5. The highest BCUT2D eigenvalue weighted by Crippen LogP contribution is 2.17. The van der Waals surface area contributed by atoms with Crippen molar-refractivity contribution in [1.82, 2.24) is 15.2 Å². The van der Waals surface area contributed by atoms with Gasteiger partial charge in [0.1, 0.15) is 5.75 Å². The molecule has 2 heterocycles. The van der Waals surface area contributed by atoms with Crippen LogP contribution >= 0.6 is 0 Å². The largest absolute Gasteiger partial charge is 0.496 e. The van der Waals surface area contributed by atoms with Crippen molar-refractivity contribution in [2.24, 2.45) is 0 Å². The molecule has 1 saturated heterocycles.